The summed E-state index contributed by atoms with van der Waals surface area (Å²) in [4.78, 5) is 0. The molecular formula is C12H6N2O. The molecule has 0 amide bonds. The van der Waals surface area contributed by atoms with Gasteiger partial charge in [0.05, 0.1) is 5.56 Å². The van der Waals surface area contributed by atoms with Gasteiger partial charge in [0.15, 0.2) is 0 Å². The third-order valence-corrected chi connectivity index (χ3v) is 2.25. The van der Waals surface area contributed by atoms with E-state index in [1.54, 1.807) is 24.3 Å². The fraction of sp³-hybridized carbons (Fsp3) is 0. The molecule has 0 fully saturated rings. The van der Waals surface area contributed by atoms with Crippen molar-refractivity contribution in [2.24, 2.45) is 0 Å². The van der Waals surface area contributed by atoms with Crippen LogP contribution in [0.4, 0.5) is 0 Å². The molecule has 3 nitrogen and oxygen atoms in total. The summed E-state index contributed by atoms with van der Waals surface area (Å²) in [5.41, 5.74) is 0.241. The van der Waals surface area contributed by atoms with Crippen molar-refractivity contribution >= 4 is 10.8 Å². The van der Waals surface area contributed by atoms with Crippen LogP contribution in [0.5, 0.6) is 5.75 Å². The van der Waals surface area contributed by atoms with Crippen LogP contribution in [-0.2, 0) is 0 Å². The summed E-state index contributed by atoms with van der Waals surface area (Å²) in [6.45, 7) is 0. The number of phenolic OH excluding ortho intramolecular Hbond substituents is 1. The Morgan fingerprint density at radius 2 is 1.80 bits per heavy atom. The molecule has 0 aliphatic heterocycles. The van der Waals surface area contributed by atoms with Crippen LogP contribution < -0.4 is 0 Å². The van der Waals surface area contributed by atoms with E-state index < -0.39 is 0 Å². The fourth-order valence-corrected chi connectivity index (χ4v) is 1.53. The smallest absolute Gasteiger partial charge is 0.142 e. The Hall–Kier alpha value is -2.52. The first kappa shape index (κ1) is 9.05. The molecule has 0 atom stereocenters. The second-order valence-electron chi connectivity index (χ2n) is 3.09. The van der Waals surface area contributed by atoms with E-state index in [1.807, 2.05) is 18.2 Å². The molecule has 0 aliphatic rings. The topological polar surface area (TPSA) is 67.8 Å². The van der Waals surface area contributed by atoms with Gasteiger partial charge in [-0.1, -0.05) is 24.3 Å². The third kappa shape index (κ3) is 1.27. The van der Waals surface area contributed by atoms with Crippen molar-refractivity contribution in [3.63, 3.8) is 0 Å². The normalized spacial score (nSPS) is 9.47. The quantitative estimate of drug-likeness (QED) is 0.699. The van der Waals surface area contributed by atoms with E-state index in [4.69, 9.17) is 10.5 Å². The average Bonchev–Trinajstić information content (AvgIpc) is 2.29. The van der Waals surface area contributed by atoms with E-state index in [2.05, 4.69) is 0 Å². The van der Waals surface area contributed by atoms with Gasteiger partial charge in [-0.25, -0.2) is 0 Å². The van der Waals surface area contributed by atoms with Crippen molar-refractivity contribution in [1.29, 1.82) is 10.5 Å². The van der Waals surface area contributed by atoms with Crippen molar-refractivity contribution < 1.29 is 5.11 Å². The van der Waals surface area contributed by atoms with Gasteiger partial charge in [-0.3, -0.25) is 0 Å². The van der Waals surface area contributed by atoms with E-state index in [1.165, 1.54) is 0 Å². The largest absolute Gasteiger partial charge is 0.506 e. The molecule has 0 saturated heterocycles. The lowest BCUT2D eigenvalue weighted by Gasteiger charge is -2.03. The molecule has 0 heterocycles. The zero-order valence-electron chi connectivity index (χ0n) is 7.73. The zero-order valence-corrected chi connectivity index (χ0v) is 7.73. The van der Waals surface area contributed by atoms with Crippen LogP contribution in [0.2, 0.25) is 0 Å². The predicted molar refractivity (Wildman–Crippen MR) is 55.0 cm³/mol. The molecule has 0 aliphatic carbocycles. The number of nitrogens with zero attached hydrogens (tertiary/aromatic N) is 2. The van der Waals surface area contributed by atoms with Crippen LogP contribution in [0.15, 0.2) is 30.3 Å². The minimum Gasteiger partial charge on any atom is -0.506 e. The number of phenols is 1. The Morgan fingerprint density at radius 3 is 2.47 bits per heavy atom. The first-order chi connectivity index (χ1) is 7.27. The number of benzene rings is 2. The Labute approximate surface area is 86.4 Å². The minimum absolute atomic E-state index is 0.0381. The highest BCUT2D eigenvalue weighted by atomic mass is 16.3. The lowest BCUT2D eigenvalue weighted by molar-refractivity contribution is 0.480. The van der Waals surface area contributed by atoms with Gasteiger partial charge in [-0.05, 0) is 11.5 Å². The van der Waals surface area contributed by atoms with Gasteiger partial charge in [0.1, 0.15) is 23.5 Å². The number of fused-ring (bicyclic) bond motifs is 1. The molecule has 2 aromatic rings. The number of nitriles is 2. The number of hydrogen-bond donors (Lipinski definition) is 1. The lowest BCUT2D eigenvalue weighted by atomic mass is 10.0. The fourth-order valence-electron chi connectivity index (χ4n) is 1.53. The highest BCUT2D eigenvalue weighted by molar-refractivity contribution is 5.92. The molecule has 2 aromatic carbocycles. The maximum Gasteiger partial charge on any atom is 0.142 e. The van der Waals surface area contributed by atoms with Crippen LogP contribution in [0.3, 0.4) is 0 Å². The Kier molecular flexibility index (Phi) is 2.00. The van der Waals surface area contributed by atoms with Crippen molar-refractivity contribution in [1.82, 2.24) is 0 Å². The molecule has 0 aromatic heterocycles. The van der Waals surface area contributed by atoms with E-state index in [-0.39, 0.29) is 16.9 Å². The molecule has 0 bridgehead atoms. The van der Waals surface area contributed by atoms with Crippen LogP contribution in [-0.4, -0.2) is 5.11 Å². The van der Waals surface area contributed by atoms with E-state index in [0.717, 1.165) is 5.39 Å². The molecule has 0 saturated carbocycles. The van der Waals surface area contributed by atoms with E-state index >= 15 is 0 Å². The van der Waals surface area contributed by atoms with Crippen LogP contribution in [0, 0.1) is 22.7 Å². The van der Waals surface area contributed by atoms with Gasteiger partial charge < -0.3 is 5.11 Å². The minimum atomic E-state index is -0.118. The van der Waals surface area contributed by atoms with Crippen LogP contribution >= 0.6 is 0 Å². The van der Waals surface area contributed by atoms with Gasteiger partial charge in [0, 0.05) is 5.39 Å². The standard InChI is InChI=1S/C12H6N2O/c13-6-9-5-8-3-1-2-4-10(8)12(15)11(9)7-14/h1-5,15H. The molecule has 2 rings (SSSR count). The SMILES string of the molecule is N#Cc1cc2ccccc2c(O)c1C#N. The van der Waals surface area contributed by atoms with Gasteiger partial charge in [-0.15, -0.1) is 0 Å². The van der Waals surface area contributed by atoms with Gasteiger partial charge in [0.2, 0.25) is 0 Å². The first-order valence-corrected chi connectivity index (χ1v) is 4.33. The van der Waals surface area contributed by atoms with E-state index in [0.29, 0.717) is 5.39 Å². The molecule has 15 heavy (non-hydrogen) atoms. The maximum atomic E-state index is 9.79. The average molecular weight is 194 g/mol. The van der Waals surface area contributed by atoms with Crippen LogP contribution in [0.25, 0.3) is 10.8 Å². The Morgan fingerprint density at radius 1 is 1.07 bits per heavy atom. The summed E-state index contributed by atoms with van der Waals surface area (Å²) >= 11 is 0. The van der Waals surface area contributed by atoms with Crippen molar-refractivity contribution in [2.75, 3.05) is 0 Å². The second-order valence-corrected chi connectivity index (χ2v) is 3.09. The number of aromatic hydroxyl groups is 1. The van der Waals surface area contributed by atoms with Crippen molar-refractivity contribution in [3.05, 3.63) is 41.5 Å². The molecule has 0 radical (unpaired) electrons. The molecule has 3 heteroatoms. The molecular weight excluding hydrogens is 188 g/mol. The molecule has 70 valence electrons. The number of rotatable bonds is 0. The predicted octanol–water partition coefficient (Wildman–Crippen LogP) is 2.29. The van der Waals surface area contributed by atoms with Gasteiger partial charge >= 0.3 is 0 Å². The molecule has 0 spiro atoms. The maximum absolute atomic E-state index is 9.79. The monoisotopic (exact) mass is 194 g/mol. The molecule has 1 N–H and O–H groups in total. The summed E-state index contributed by atoms with van der Waals surface area (Å²) in [5.74, 6) is -0.118. The third-order valence-electron chi connectivity index (χ3n) is 2.25. The lowest BCUT2D eigenvalue weighted by Crippen LogP contribution is -1.86. The summed E-state index contributed by atoms with van der Waals surface area (Å²) in [6, 6.07) is 12.4. The summed E-state index contributed by atoms with van der Waals surface area (Å²) in [7, 11) is 0. The zero-order chi connectivity index (χ0) is 10.8. The molecule has 0 unspecified atom stereocenters. The van der Waals surface area contributed by atoms with Gasteiger partial charge in [0.25, 0.3) is 0 Å². The van der Waals surface area contributed by atoms with E-state index in [9.17, 15) is 5.11 Å². The highest BCUT2D eigenvalue weighted by Crippen LogP contribution is 2.30. The highest BCUT2D eigenvalue weighted by Gasteiger charge is 2.11. The Bertz CT molecular complexity index is 618. The first-order valence-electron chi connectivity index (χ1n) is 4.33. The summed E-state index contributed by atoms with van der Waals surface area (Å²) < 4.78 is 0. The summed E-state index contributed by atoms with van der Waals surface area (Å²) in [6.07, 6.45) is 0. The van der Waals surface area contributed by atoms with Crippen molar-refractivity contribution in [3.8, 4) is 17.9 Å². The number of hydrogen-bond acceptors (Lipinski definition) is 3. The Balaban J connectivity index is 2.97. The van der Waals surface area contributed by atoms with Crippen molar-refractivity contribution in [2.45, 2.75) is 0 Å². The van der Waals surface area contributed by atoms with Crippen LogP contribution in [0.1, 0.15) is 11.1 Å². The second kappa shape index (κ2) is 3.32. The van der Waals surface area contributed by atoms with Gasteiger partial charge in [-0.2, -0.15) is 10.5 Å². The summed E-state index contributed by atoms with van der Waals surface area (Å²) in [5, 5.41) is 28.8.